The summed E-state index contributed by atoms with van der Waals surface area (Å²) in [6.07, 6.45) is 1.74. The molecule has 0 aliphatic carbocycles. The maximum absolute atomic E-state index is 13.4. The summed E-state index contributed by atoms with van der Waals surface area (Å²) in [5, 5.41) is 23.4. The third-order valence-electron chi connectivity index (χ3n) is 5.27. The molecular formula is C24H39N3O6. The van der Waals surface area contributed by atoms with Crippen molar-refractivity contribution in [3.05, 3.63) is 29.3 Å². The van der Waals surface area contributed by atoms with E-state index < -0.39 is 36.5 Å². The Hall–Kier alpha value is -2.65. The van der Waals surface area contributed by atoms with Crippen molar-refractivity contribution in [3.8, 4) is 5.75 Å². The van der Waals surface area contributed by atoms with Crippen LogP contribution in [0, 0.1) is 11.8 Å². The first-order valence-electron chi connectivity index (χ1n) is 11.5. The van der Waals surface area contributed by atoms with Crippen LogP contribution in [0.25, 0.3) is 0 Å². The average molecular weight is 466 g/mol. The summed E-state index contributed by atoms with van der Waals surface area (Å²) in [6.45, 7) is 9.24. The number of carboxylic acid groups (broad SMARTS) is 1. The van der Waals surface area contributed by atoms with Gasteiger partial charge < -0.3 is 31.3 Å². The van der Waals surface area contributed by atoms with E-state index in [-0.39, 0.29) is 24.5 Å². The molecule has 0 saturated carbocycles. The minimum Gasteiger partial charge on any atom is -0.491 e. The van der Waals surface area contributed by atoms with Crippen LogP contribution in [0.15, 0.2) is 18.2 Å². The summed E-state index contributed by atoms with van der Waals surface area (Å²) in [4.78, 5) is 37.3. The quantitative estimate of drug-likeness (QED) is 0.280. The van der Waals surface area contributed by atoms with Crippen LogP contribution in [0.5, 0.6) is 5.75 Å². The number of benzene rings is 1. The van der Waals surface area contributed by atoms with E-state index in [2.05, 4.69) is 10.6 Å². The number of aliphatic hydroxyl groups excluding tert-OH is 1. The summed E-state index contributed by atoms with van der Waals surface area (Å²) in [5.74, 6) is -1.87. The normalized spacial score (nSPS) is 14.0. The zero-order chi connectivity index (χ0) is 25.1. The lowest BCUT2D eigenvalue weighted by molar-refractivity contribution is -0.143. The second kappa shape index (κ2) is 13.8. The van der Waals surface area contributed by atoms with Gasteiger partial charge in [0.25, 0.3) is 5.91 Å². The second-order valence-corrected chi connectivity index (χ2v) is 9.00. The number of aliphatic hydroxyl groups is 1. The molecule has 0 fully saturated rings. The molecule has 0 unspecified atom stereocenters. The molecule has 0 saturated heterocycles. The molecular weight excluding hydrogens is 426 g/mol. The molecule has 0 heterocycles. The van der Waals surface area contributed by atoms with Crippen LogP contribution in [0.2, 0.25) is 0 Å². The van der Waals surface area contributed by atoms with Gasteiger partial charge >= 0.3 is 5.97 Å². The Balaban J connectivity index is 3.20. The third kappa shape index (κ3) is 9.01. The van der Waals surface area contributed by atoms with Gasteiger partial charge in [0.15, 0.2) is 0 Å². The van der Waals surface area contributed by atoms with Gasteiger partial charge in [-0.15, -0.1) is 0 Å². The largest absolute Gasteiger partial charge is 0.491 e. The minimum atomic E-state index is -1.45. The van der Waals surface area contributed by atoms with E-state index in [9.17, 15) is 19.5 Å². The van der Waals surface area contributed by atoms with Gasteiger partial charge in [-0.05, 0) is 36.3 Å². The van der Waals surface area contributed by atoms with Crippen LogP contribution >= 0.6 is 0 Å². The van der Waals surface area contributed by atoms with Crippen molar-refractivity contribution in [2.24, 2.45) is 17.6 Å². The molecule has 9 nitrogen and oxygen atoms in total. The summed E-state index contributed by atoms with van der Waals surface area (Å²) >= 11 is 0. The van der Waals surface area contributed by atoms with E-state index in [1.807, 2.05) is 46.8 Å². The van der Waals surface area contributed by atoms with Crippen molar-refractivity contribution >= 4 is 17.8 Å². The fraction of sp³-hybridized carbons (Fsp3) is 0.625. The number of amides is 2. The number of carbonyl (C=O) groups excluding carboxylic acids is 2. The molecule has 0 aromatic heterocycles. The third-order valence-corrected chi connectivity index (χ3v) is 5.27. The zero-order valence-electron chi connectivity index (χ0n) is 20.3. The number of nitrogens with one attached hydrogen (secondary N) is 2. The topological polar surface area (TPSA) is 151 Å². The van der Waals surface area contributed by atoms with E-state index in [0.717, 1.165) is 12.0 Å². The van der Waals surface area contributed by atoms with Crippen LogP contribution in [0.1, 0.15) is 63.4 Å². The molecule has 0 bridgehead atoms. The highest BCUT2D eigenvalue weighted by Crippen LogP contribution is 2.25. The molecule has 1 aromatic rings. The van der Waals surface area contributed by atoms with E-state index in [0.29, 0.717) is 24.2 Å². The number of hydrogen-bond donors (Lipinski definition) is 5. The van der Waals surface area contributed by atoms with Gasteiger partial charge in [-0.1, -0.05) is 53.2 Å². The van der Waals surface area contributed by atoms with E-state index in [1.165, 1.54) is 0 Å². The van der Waals surface area contributed by atoms with Gasteiger partial charge in [-0.3, -0.25) is 9.59 Å². The summed E-state index contributed by atoms with van der Waals surface area (Å²) in [5.41, 5.74) is 7.23. The Kier molecular flexibility index (Phi) is 11.9. The lowest BCUT2D eigenvalue weighted by Gasteiger charge is -2.24. The predicted molar refractivity (Wildman–Crippen MR) is 126 cm³/mol. The lowest BCUT2D eigenvalue weighted by atomic mass is 9.99. The number of carbonyl (C=O) groups is 3. The van der Waals surface area contributed by atoms with Crippen molar-refractivity contribution in [1.82, 2.24) is 10.6 Å². The Morgan fingerprint density at radius 3 is 2.27 bits per heavy atom. The molecule has 0 aliphatic rings. The van der Waals surface area contributed by atoms with E-state index in [1.54, 1.807) is 6.07 Å². The van der Waals surface area contributed by atoms with Crippen molar-refractivity contribution in [3.63, 3.8) is 0 Å². The molecule has 2 amide bonds. The van der Waals surface area contributed by atoms with Gasteiger partial charge in [0, 0.05) is 6.04 Å². The summed E-state index contributed by atoms with van der Waals surface area (Å²) in [7, 11) is 0. The van der Waals surface area contributed by atoms with E-state index >= 15 is 0 Å². The van der Waals surface area contributed by atoms with Gasteiger partial charge in [0.05, 0.1) is 12.2 Å². The highest BCUT2D eigenvalue weighted by atomic mass is 16.5. The summed E-state index contributed by atoms with van der Waals surface area (Å²) < 4.78 is 5.91. The van der Waals surface area contributed by atoms with Crippen LogP contribution in [-0.2, 0) is 16.0 Å². The first kappa shape index (κ1) is 28.4. The van der Waals surface area contributed by atoms with Gasteiger partial charge in [0.2, 0.25) is 5.91 Å². The number of rotatable bonds is 14. The smallest absolute Gasteiger partial charge is 0.328 e. The zero-order valence-corrected chi connectivity index (χ0v) is 20.3. The van der Waals surface area contributed by atoms with Crippen molar-refractivity contribution in [2.75, 3.05) is 13.2 Å². The number of nitrogens with two attached hydrogens (primary N) is 1. The molecule has 33 heavy (non-hydrogen) atoms. The first-order valence-corrected chi connectivity index (χ1v) is 11.5. The fourth-order valence-corrected chi connectivity index (χ4v) is 3.20. The highest BCUT2D eigenvalue weighted by molar-refractivity contribution is 6.01. The number of carboxylic acids is 1. The first-order chi connectivity index (χ1) is 15.5. The fourth-order valence-electron chi connectivity index (χ4n) is 3.20. The number of aliphatic carboxylic acids is 1. The average Bonchev–Trinajstić information content (AvgIpc) is 2.74. The number of ether oxygens (including phenoxy) is 1. The van der Waals surface area contributed by atoms with Crippen molar-refractivity contribution in [2.45, 2.75) is 72.0 Å². The molecule has 1 aromatic carbocycles. The maximum atomic E-state index is 13.4. The number of hydrogen-bond acceptors (Lipinski definition) is 6. The summed E-state index contributed by atoms with van der Waals surface area (Å²) in [6, 6.07) is 2.72. The molecule has 0 aliphatic heterocycles. The van der Waals surface area contributed by atoms with Gasteiger partial charge in [-0.2, -0.15) is 0 Å². The SMILES string of the molecule is CCCc1cccc(OC[C@H](N)C(C)C)c1C(=O)N[C@@H](CC(C)C)C(=O)N[C@@H](CO)C(=O)O. The van der Waals surface area contributed by atoms with Gasteiger partial charge in [0.1, 0.15) is 24.4 Å². The standard InChI is InChI=1S/C24H39N3O6/c1-6-8-16-9-7-10-20(33-13-17(25)15(4)5)21(16)23(30)26-18(11-14(2)3)22(29)27-19(12-28)24(31)32/h7,9-10,14-15,17-19,28H,6,8,11-13,25H2,1-5H3,(H,26,30)(H,27,29)(H,31,32)/t17-,18-,19-/m0/s1. The van der Waals surface area contributed by atoms with E-state index in [4.69, 9.17) is 15.6 Å². The lowest BCUT2D eigenvalue weighted by Crippen LogP contribution is -2.53. The Bertz CT molecular complexity index is 796. The Morgan fingerprint density at radius 2 is 1.76 bits per heavy atom. The highest BCUT2D eigenvalue weighted by Gasteiger charge is 2.29. The van der Waals surface area contributed by atoms with Crippen LogP contribution < -0.4 is 21.1 Å². The monoisotopic (exact) mass is 465 g/mol. The molecule has 1 rings (SSSR count). The van der Waals surface area contributed by atoms with Crippen LogP contribution in [0.3, 0.4) is 0 Å². The number of aryl methyl sites for hydroxylation is 1. The van der Waals surface area contributed by atoms with Crippen molar-refractivity contribution in [1.29, 1.82) is 0 Å². The minimum absolute atomic E-state index is 0.0455. The van der Waals surface area contributed by atoms with Crippen molar-refractivity contribution < 1.29 is 29.3 Å². The molecule has 6 N–H and O–H groups in total. The molecule has 9 heteroatoms. The van der Waals surface area contributed by atoms with Crippen LogP contribution in [0.4, 0.5) is 0 Å². The Labute approximate surface area is 196 Å². The second-order valence-electron chi connectivity index (χ2n) is 9.00. The molecule has 3 atom stereocenters. The molecule has 186 valence electrons. The predicted octanol–water partition coefficient (Wildman–Crippen LogP) is 1.71. The van der Waals surface area contributed by atoms with Crippen LogP contribution in [-0.4, -0.2) is 59.3 Å². The molecule has 0 spiro atoms. The molecule has 0 radical (unpaired) electrons. The van der Waals surface area contributed by atoms with Gasteiger partial charge in [-0.25, -0.2) is 4.79 Å². The Morgan fingerprint density at radius 1 is 1.09 bits per heavy atom. The maximum Gasteiger partial charge on any atom is 0.328 e.